The minimum atomic E-state index is -0.0957. The summed E-state index contributed by atoms with van der Waals surface area (Å²) in [4.78, 5) is 32.5. The minimum absolute atomic E-state index is 0.0435. The number of aromatic nitrogens is 1. The third-order valence-corrected chi connectivity index (χ3v) is 5.47. The van der Waals surface area contributed by atoms with Crippen LogP contribution in [-0.2, 0) is 0 Å². The van der Waals surface area contributed by atoms with Crippen LogP contribution in [0.3, 0.4) is 0 Å². The highest BCUT2D eigenvalue weighted by molar-refractivity contribution is 7.99. The molecular formula is C20H23N3O2S. The number of amides is 2. The molecule has 1 aliphatic heterocycles. The third-order valence-electron chi connectivity index (χ3n) is 4.40. The fourth-order valence-corrected chi connectivity index (χ4v) is 3.86. The van der Waals surface area contributed by atoms with Crippen molar-refractivity contribution < 1.29 is 9.59 Å². The van der Waals surface area contributed by atoms with Gasteiger partial charge in [-0.3, -0.25) is 9.59 Å². The van der Waals surface area contributed by atoms with Gasteiger partial charge in [0.05, 0.1) is 11.3 Å². The molecule has 6 heteroatoms. The highest BCUT2D eigenvalue weighted by Gasteiger charge is 2.28. The van der Waals surface area contributed by atoms with Gasteiger partial charge in [0, 0.05) is 29.2 Å². The Labute approximate surface area is 158 Å². The zero-order valence-electron chi connectivity index (χ0n) is 15.3. The van der Waals surface area contributed by atoms with E-state index in [2.05, 4.69) is 10.3 Å². The summed E-state index contributed by atoms with van der Waals surface area (Å²) in [5.41, 5.74) is 2.03. The second-order valence-electron chi connectivity index (χ2n) is 6.38. The predicted molar refractivity (Wildman–Crippen MR) is 104 cm³/mol. The largest absolute Gasteiger partial charge is 0.350 e. The van der Waals surface area contributed by atoms with E-state index in [9.17, 15) is 9.59 Å². The summed E-state index contributed by atoms with van der Waals surface area (Å²) in [6, 6.07) is 9.22. The Morgan fingerprint density at radius 2 is 2.12 bits per heavy atom. The molecule has 0 saturated heterocycles. The van der Waals surface area contributed by atoms with Gasteiger partial charge in [-0.25, -0.2) is 4.98 Å². The minimum Gasteiger partial charge on any atom is -0.350 e. The van der Waals surface area contributed by atoms with Gasteiger partial charge in [0.15, 0.2) is 0 Å². The molecule has 5 nitrogen and oxygen atoms in total. The van der Waals surface area contributed by atoms with Crippen molar-refractivity contribution in [3.63, 3.8) is 0 Å². The molecule has 0 fully saturated rings. The van der Waals surface area contributed by atoms with Gasteiger partial charge < -0.3 is 10.2 Å². The number of carbonyl (C=O) groups is 2. The van der Waals surface area contributed by atoms with Crippen LogP contribution in [-0.4, -0.2) is 29.4 Å². The number of anilines is 1. The first-order chi connectivity index (χ1) is 12.5. The Hall–Kier alpha value is -2.34. The third kappa shape index (κ3) is 3.60. The lowest BCUT2D eigenvalue weighted by atomic mass is 10.1. The van der Waals surface area contributed by atoms with Gasteiger partial charge in [0.2, 0.25) is 0 Å². The molecule has 0 unspecified atom stereocenters. The van der Waals surface area contributed by atoms with Gasteiger partial charge in [-0.15, -0.1) is 0 Å². The van der Waals surface area contributed by atoms with Crippen LogP contribution in [0.25, 0.3) is 0 Å². The van der Waals surface area contributed by atoms with Crippen LogP contribution >= 0.6 is 11.8 Å². The molecule has 0 saturated carbocycles. The van der Waals surface area contributed by atoms with Crippen LogP contribution in [0.15, 0.2) is 46.5 Å². The molecule has 1 atom stereocenters. The molecule has 0 spiro atoms. The second kappa shape index (κ2) is 7.91. The van der Waals surface area contributed by atoms with Crippen LogP contribution in [0.5, 0.6) is 0 Å². The molecular weight excluding hydrogens is 346 g/mol. The van der Waals surface area contributed by atoms with E-state index in [-0.39, 0.29) is 17.9 Å². The molecule has 2 amide bonds. The van der Waals surface area contributed by atoms with E-state index in [0.717, 1.165) is 23.4 Å². The molecule has 26 heavy (non-hydrogen) atoms. The number of nitrogens with one attached hydrogen (secondary N) is 1. The van der Waals surface area contributed by atoms with E-state index in [1.165, 1.54) is 11.8 Å². The summed E-state index contributed by atoms with van der Waals surface area (Å²) < 4.78 is 0. The van der Waals surface area contributed by atoms with Crippen molar-refractivity contribution in [2.24, 2.45) is 0 Å². The SMILES string of the molecule is CCCN1C(=O)c2cccnc2Sc2cc(C(=O)N[C@H](C)CC)ccc21. The molecule has 0 bridgehead atoms. The van der Waals surface area contributed by atoms with Gasteiger partial charge in [0.25, 0.3) is 11.8 Å². The number of fused-ring (bicyclic) bond motifs is 2. The molecule has 136 valence electrons. The molecule has 2 heterocycles. The summed E-state index contributed by atoms with van der Waals surface area (Å²) in [5, 5.41) is 3.67. The molecule has 1 aliphatic rings. The summed E-state index contributed by atoms with van der Waals surface area (Å²) in [5.74, 6) is -0.139. The van der Waals surface area contributed by atoms with Gasteiger partial charge in [-0.05, 0) is 50.1 Å². The number of hydrogen-bond acceptors (Lipinski definition) is 4. The summed E-state index contributed by atoms with van der Waals surface area (Å²) in [6.07, 6.45) is 3.41. The zero-order valence-corrected chi connectivity index (χ0v) is 16.1. The highest BCUT2D eigenvalue weighted by atomic mass is 32.2. The maximum atomic E-state index is 13.0. The smallest absolute Gasteiger partial charge is 0.261 e. The van der Waals surface area contributed by atoms with Crippen molar-refractivity contribution in [3.05, 3.63) is 47.7 Å². The average molecular weight is 369 g/mol. The normalized spacial score (nSPS) is 14.3. The van der Waals surface area contributed by atoms with E-state index in [1.807, 2.05) is 39.0 Å². The zero-order chi connectivity index (χ0) is 18.7. The Bertz CT molecular complexity index is 838. The number of pyridine rings is 1. The molecule has 2 aromatic rings. The average Bonchev–Trinajstić information content (AvgIpc) is 2.76. The van der Waals surface area contributed by atoms with Crippen molar-refractivity contribution in [2.45, 2.75) is 49.6 Å². The van der Waals surface area contributed by atoms with E-state index >= 15 is 0 Å². The molecule has 1 aromatic carbocycles. The Kier molecular flexibility index (Phi) is 5.61. The van der Waals surface area contributed by atoms with Crippen LogP contribution < -0.4 is 10.2 Å². The van der Waals surface area contributed by atoms with E-state index in [1.54, 1.807) is 23.2 Å². The van der Waals surface area contributed by atoms with Crippen LogP contribution in [0.2, 0.25) is 0 Å². The number of rotatable bonds is 5. The standard InChI is InChI=1S/C20H23N3O2S/c1-4-11-23-16-9-8-14(18(24)22-13(3)5-2)12-17(16)26-19-15(20(23)25)7-6-10-21-19/h6-10,12-13H,4-5,11H2,1-3H3,(H,22,24)/t13-/m1/s1. The van der Waals surface area contributed by atoms with Crippen molar-refractivity contribution in [1.82, 2.24) is 10.3 Å². The van der Waals surface area contributed by atoms with Crippen LogP contribution in [0.1, 0.15) is 54.3 Å². The monoisotopic (exact) mass is 369 g/mol. The fraction of sp³-hybridized carbons (Fsp3) is 0.350. The Morgan fingerprint density at radius 1 is 1.31 bits per heavy atom. The topological polar surface area (TPSA) is 62.3 Å². The number of benzene rings is 1. The number of carbonyl (C=O) groups excluding carboxylic acids is 2. The van der Waals surface area contributed by atoms with Crippen molar-refractivity contribution in [1.29, 1.82) is 0 Å². The predicted octanol–water partition coefficient (Wildman–Crippen LogP) is 4.13. The molecule has 3 rings (SSSR count). The molecule has 0 radical (unpaired) electrons. The molecule has 1 N–H and O–H groups in total. The highest BCUT2D eigenvalue weighted by Crippen LogP contribution is 2.40. The van der Waals surface area contributed by atoms with Crippen molar-refractivity contribution >= 4 is 29.3 Å². The first kappa shape index (κ1) is 18.5. The Morgan fingerprint density at radius 3 is 2.85 bits per heavy atom. The maximum absolute atomic E-state index is 13.0. The van der Waals surface area contributed by atoms with Gasteiger partial charge >= 0.3 is 0 Å². The van der Waals surface area contributed by atoms with Crippen molar-refractivity contribution in [2.75, 3.05) is 11.4 Å². The summed E-state index contributed by atoms with van der Waals surface area (Å²) in [7, 11) is 0. The van der Waals surface area contributed by atoms with Gasteiger partial charge in [0.1, 0.15) is 5.03 Å². The first-order valence-electron chi connectivity index (χ1n) is 8.94. The number of nitrogens with zero attached hydrogens (tertiary/aromatic N) is 2. The first-order valence-corrected chi connectivity index (χ1v) is 9.76. The maximum Gasteiger partial charge on any atom is 0.261 e. The second-order valence-corrected chi connectivity index (χ2v) is 7.41. The lowest BCUT2D eigenvalue weighted by Crippen LogP contribution is -2.33. The number of hydrogen-bond donors (Lipinski definition) is 1. The van der Waals surface area contributed by atoms with Crippen LogP contribution in [0, 0.1) is 0 Å². The lowest BCUT2D eigenvalue weighted by Gasteiger charge is -2.22. The van der Waals surface area contributed by atoms with Gasteiger partial charge in [-0.1, -0.05) is 25.6 Å². The lowest BCUT2D eigenvalue weighted by molar-refractivity contribution is 0.0938. The van der Waals surface area contributed by atoms with Crippen molar-refractivity contribution in [3.8, 4) is 0 Å². The van der Waals surface area contributed by atoms with E-state index in [0.29, 0.717) is 22.7 Å². The van der Waals surface area contributed by atoms with E-state index < -0.39 is 0 Å². The molecule has 1 aromatic heterocycles. The summed E-state index contributed by atoms with van der Waals surface area (Å²) in [6.45, 7) is 6.69. The van der Waals surface area contributed by atoms with Gasteiger partial charge in [-0.2, -0.15) is 0 Å². The quantitative estimate of drug-likeness (QED) is 0.861. The van der Waals surface area contributed by atoms with Crippen LogP contribution in [0.4, 0.5) is 5.69 Å². The molecule has 0 aliphatic carbocycles. The fourth-order valence-electron chi connectivity index (χ4n) is 2.81. The van der Waals surface area contributed by atoms with E-state index in [4.69, 9.17) is 0 Å². The Balaban J connectivity index is 2.03. The summed E-state index contributed by atoms with van der Waals surface area (Å²) >= 11 is 1.44.